The van der Waals surface area contributed by atoms with Gasteiger partial charge >= 0.3 is 5.97 Å². The molecular formula is C20H22N2O3. The van der Waals surface area contributed by atoms with Crippen molar-refractivity contribution in [2.45, 2.75) is 32.0 Å². The molecule has 5 nitrogen and oxygen atoms in total. The van der Waals surface area contributed by atoms with Crippen LogP contribution in [0, 0.1) is 0 Å². The Morgan fingerprint density at radius 3 is 2.40 bits per heavy atom. The minimum Gasteiger partial charge on any atom is -0.497 e. The Morgan fingerprint density at radius 1 is 1.20 bits per heavy atom. The molecule has 0 amide bonds. The van der Waals surface area contributed by atoms with Crippen LogP contribution in [-0.4, -0.2) is 34.5 Å². The van der Waals surface area contributed by atoms with E-state index in [1.165, 1.54) is 0 Å². The number of carbonyl (C=O) groups is 1. The summed E-state index contributed by atoms with van der Waals surface area (Å²) < 4.78 is 5.22. The van der Waals surface area contributed by atoms with Gasteiger partial charge in [-0.15, -0.1) is 0 Å². The topological polar surface area (TPSA) is 62.1 Å². The van der Waals surface area contributed by atoms with E-state index in [4.69, 9.17) is 4.74 Å². The van der Waals surface area contributed by atoms with Crippen molar-refractivity contribution in [1.82, 2.24) is 4.90 Å². The monoisotopic (exact) mass is 338 g/mol. The van der Waals surface area contributed by atoms with Gasteiger partial charge in [-0.05, 0) is 37.1 Å². The lowest BCUT2D eigenvalue weighted by atomic mass is 9.87. The highest BCUT2D eigenvalue weighted by Crippen LogP contribution is 2.41. The largest absolute Gasteiger partial charge is 0.497 e. The summed E-state index contributed by atoms with van der Waals surface area (Å²) >= 11 is 0. The summed E-state index contributed by atoms with van der Waals surface area (Å²) in [6.07, 6.45) is 0. The maximum absolute atomic E-state index is 12.0. The van der Waals surface area contributed by atoms with Crippen LogP contribution in [0.5, 0.6) is 5.75 Å². The third-order valence-electron chi connectivity index (χ3n) is 4.71. The highest BCUT2D eigenvalue weighted by molar-refractivity contribution is 5.91. The van der Waals surface area contributed by atoms with Gasteiger partial charge < -0.3 is 14.7 Å². The van der Waals surface area contributed by atoms with Gasteiger partial charge in [-0.3, -0.25) is 4.99 Å². The molecule has 2 aromatic rings. The number of carboxylic acids is 1. The minimum absolute atomic E-state index is 0.379. The Morgan fingerprint density at radius 2 is 1.84 bits per heavy atom. The minimum atomic E-state index is -1.23. The maximum Gasteiger partial charge on any atom is 0.333 e. The molecule has 1 heterocycles. The normalized spacial score (nSPS) is 22.6. The van der Waals surface area contributed by atoms with Crippen molar-refractivity contribution >= 4 is 11.8 Å². The first-order chi connectivity index (χ1) is 12.0. The quantitative estimate of drug-likeness (QED) is 0.906. The van der Waals surface area contributed by atoms with Crippen molar-refractivity contribution in [3.63, 3.8) is 0 Å². The summed E-state index contributed by atoms with van der Waals surface area (Å²) in [6, 6.07) is 17.2. The third-order valence-corrected chi connectivity index (χ3v) is 4.71. The van der Waals surface area contributed by atoms with Crippen LogP contribution in [0.2, 0.25) is 0 Å². The van der Waals surface area contributed by atoms with Crippen LogP contribution >= 0.6 is 0 Å². The first-order valence-corrected chi connectivity index (χ1v) is 8.20. The van der Waals surface area contributed by atoms with E-state index < -0.39 is 11.5 Å². The van der Waals surface area contributed by atoms with Crippen LogP contribution in [0.3, 0.4) is 0 Å². The molecule has 0 aromatic heterocycles. The number of aliphatic carboxylic acids is 1. The fraction of sp³-hybridized carbons (Fsp3) is 0.300. The second-order valence-corrected chi connectivity index (χ2v) is 6.40. The summed E-state index contributed by atoms with van der Waals surface area (Å²) in [5.41, 5.74) is 0.792. The van der Waals surface area contributed by atoms with Crippen molar-refractivity contribution in [3.05, 3.63) is 65.7 Å². The first-order valence-electron chi connectivity index (χ1n) is 8.20. The highest BCUT2D eigenvalue weighted by Gasteiger charge is 2.50. The van der Waals surface area contributed by atoms with E-state index in [2.05, 4.69) is 9.89 Å². The van der Waals surface area contributed by atoms with Crippen molar-refractivity contribution < 1.29 is 14.6 Å². The van der Waals surface area contributed by atoms with Crippen LogP contribution in [0.1, 0.15) is 31.0 Å². The molecule has 2 unspecified atom stereocenters. The number of benzene rings is 2. The van der Waals surface area contributed by atoms with Crippen molar-refractivity contribution in [2.24, 2.45) is 4.99 Å². The number of carboxylic acid groups (broad SMARTS) is 1. The molecule has 1 aliphatic rings. The second kappa shape index (κ2) is 6.59. The molecule has 5 heteroatoms. The van der Waals surface area contributed by atoms with Crippen molar-refractivity contribution in [2.75, 3.05) is 7.11 Å². The van der Waals surface area contributed by atoms with Gasteiger partial charge in [0, 0.05) is 6.54 Å². The number of methoxy groups -OCH3 is 1. The molecule has 0 saturated heterocycles. The van der Waals surface area contributed by atoms with Gasteiger partial charge in [-0.25, -0.2) is 4.79 Å². The van der Waals surface area contributed by atoms with Gasteiger partial charge in [0.15, 0.2) is 5.54 Å². The van der Waals surface area contributed by atoms with E-state index in [-0.39, 0.29) is 6.04 Å². The summed E-state index contributed by atoms with van der Waals surface area (Å²) in [4.78, 5) is 18.6. The Hall–Kier alpha value is -2.82. The zero-order valence-electron chi connectivity index (χ0n) is 14.6. The van der Waals surface area contributed by atoms with E-state index in [1.807, 2.05) is 61.5 Å². The number of hydrogen-bond donors (Lipinski definition) is 1. The predicted molar refractivity (Wildman–Crippen MR) is 96.9 cm³/mol. The zero-order valence-corrected chi connectivity index (χ0v) is 14.6. The molecule has 1 aliphatic heterocycles. The van der Waals surface area contributed by atoms with Crippen LogP contribution in [-0.2, 0) is 11.3 Å². The zero-order chi connectivity index (χ0) is 18.0. The molecular weight excluding hydrogens is 316 g/mol. The van der Waals surface area contributed by atoms with Gasteiger partial charge in [0.05, 0.1) is 19.0 Å². The Bertz CT molecular complexity index is 786. The molecule has 0 radical (unpaired) electrons. The summed E-state index contributed by atoms with van der Waals surface area (Å²) in [6.45, 7) is 4.15. The lowest BCUT2D eigenvalue weighted by molar-refractivity contribution is -0.144. The molecule has 3 rings (SSSR count). The van der Waals surface area contributed by atoms with Crippen LogP contribution in [0.25, 0.3) is 0 Å². The summed E-state index contributed by atoms with van der Waals surface area (Å²) in [5, 5.41) is 9.85. The fourth-order valence-electron chi connectivity index (χ4n) is 3.39. The molecule has 2 atom stereocenters. The van der Waals surface area contributed by atoms with E-state index in [9.17, 15) is 9.90 Å². The molecule has 25 heavy (non-hydrogen) atoms. The third kappa shape index (κ3) is 3.09. The maximum atomic E-state index is 12.0. The number of aliphatic imine (C=N–C) groups is 1. The van der Waals surface area contributed by atoms with E-state index in [0.717, 1.165) is 22.7 Å². The van der Waals surface area contributed by atoms with Crippen molar-refractivity contribution in [1.29, 1.82) is 0 Å². The standard InChI is InChI=1S/C20H22N2O3/c1-14-21-20(2,19(23)24)18(16-9-11-17(25-3)12-10-16)22(14)13-15-7-5-4-6-8-15/h4-12,18H,13H2,1-3H3,(H,23,24). The highest BCUT2D eigenvalue weighted by atomic mass is 16.5. The summed E-state index contributed by atoms with van der Waals surface area (Å²) in [5.74, 6) is 0.545. The SMILES string of the molecule is COc1ccc(C2N(Cc3ccccc3)C(C)=NC2(C)C(=O)O)cc1. The lowest BCUT2D eigenvalue weighted by Crippen LogP contribution is -2.43. The smallest absolute Gasteiger partial charge is 0.333 e. The van der Waals surface area contributed by atoms with Gasteiger partial charge in [-0.1, -0.05) is 42.5 Å². The number of amidine groups is 1. The van der Waals surface area contributed by atoms with Crippen LogP contribution in [0.4, 0.5) is 0 Å². The van der Waals surface area contributed by atoms with Crippen molar-refractivity contribution in [3.8, 4) is 5.75 Å². The number of ether oxygens (including phenoxy) is 1. The van der Waals surface area contributed by atoms with E-state index in [1.54, 1.807) is 14.0 Å². The molecule has 2 aromatic carbocycles. The Kier molecular flexibility index (Phi) is 4.49. The molecule has 0 fully saturated rings. The first kappa shape index (κ1) is 17.0. The van der Waals surface area contributed by atoms with E-state index >= 15 is 0 Å². The van der Waals surface area contributed by atoms with Gasteiger partial charge in [0.25, 0.3) is 0 Å². The Balaban J connectivity index is 2.02. The average molecular weight is 338 g/mol. The van der Waals surface area contributed by atoms with Crippen LogP contribution < -0.4 is 4.74 Å². The second-order valence-electron chi connectivity index (χ2n) is 6.40. The molecule has 130 valence electrons. The number of hydrogen-bond acceptors (Lipinski definition) is 4. The lowest BCUT2D eigenvalue weighted by Gasteiger charge is -2.33. The van der Waals surface area contributed by atoms with Gasteiger partial charge in [0.1, 0.15) is 5.75 Å². The molecule has 0 saturated carbocycles. The Labute approximate surface area is 147 Å². The molecule has 0 bridgehead atoms. The predicted octanol–water partition coefficient (Wildman–Crippen LogP) is 3.51. The van der Waals surface area contributed by atoms with Gasteiger partial charge in [0.2, 0.25) is 0 Å². The average Bonchev–Trinajstić information content (AvgIpc) is 2.87. The van der Waals surface area contributed by atoms with Crippen LogP contribution in [0.15, 0.2) is 59.6 Å². The van der Waals surface area contributed by atoms with Gasteiger partial charge in [-0.2, -0.15) is 0 Å². The number of rotatable bonds is 5. The van der Waals surface area contributed by atoms with E-state index in [0.29, 0.717) is 6.54 Å². The summed E-state index contributed by atoms with van der Waals surface area (Å²) in [7, 11) is 1.61. The number of nitrogens with zero attached hydrogens (tertiary/aromatic N) is 2. The fourth-order valence-corrected chi connectivity index (χ4v) is 3.39. The molecule has 1 N–H and O–H groups in total. The molecule has 0 spiro atoms. The molecule has 0 aliphatic carbocycles.